The van der Waals surface area contributed by atoms with Crippen molar-refractivity contribution in [1.82, 2.24) is 15.5 Å². The first-order valence-electron chi connectivity index (χ1n) is 6.49. The van der Waals surface area contributed by atoms with Crippen LogP contribution in [0.2, 0.25) is 0 Å². The van der Waals surface area contributed by atoms with Gasteiger partial charge in [0.05, 0.1) is 6.54 Å². The van der Waals surface area contributed by atoms with Crippen LogP contribution in [0.5, 0.6) is 0 Å². The molecule has 0 aromatic carbocycles. The molecule has 5 heteroatoms. The van der Waals surface area contributed by atoms with Crippen LogP contribution in [0.1, 0.15) is 32.6 Å². The summed E-state index contributed by atoms with van der Waals surface area (Å²) in [7, 11) is 0. The number of hydrogen-bond acceptors (Lipinski definition) is 3. The van der Waals surface area contributed by atoms with Crippen LogP contribution in [0.25, 0.3) is 0 Å². The number of nitrogens with one attached hydrogen (secondary N) is 2. The third-order valence-corrected chi connectivity index (χ3v) is 2.91. The third kappa shape index (κ3) is 5.68. The summed E-state index contributed by atoms with van der Waals surface area (Å²) in [6.45, 7) is 5.26. The minimum atomic E-state index is -0.0432. The lowest BCUT2D eigenvalue weighted by atomic mass is 10.1. The van der Waals surface area contributed by atoms with Crippen molar-refractivity contribution in [1.29, 1.82) is 0 Å². The number of rotatable bonds is 6. The zero-order chi connectivity index (χ0) is 12.5. The number of carbonyl (C=O) groups is 2. The van der Waals surface area contributed by atoms with E-state index in [0.29, 0.717) is 19.5 Å². The molecule has 2 N–H and O–H groups in total. The van der Waals surface area contributed by atoms with E-state index >= 15 is 0 Å². The molecule has 1 aliphatic heterocycles. The van der Waals surface area contributed by atoms with Crippen LogP contribution in [0.4, 0.5) is 0 Å². The maximum Gasteiger partial charge on any atom is 0.233 e. The zero-order valence-corrected chi connectivity index (χ0v) is 10.6. The van der Waals surface area contributed by atoms with Crippen molar-refractivity contribution >= 4 is 11.8 Å². The molecule has 0 aliphatic carbocycles. The number of nitrogens with zero attached hydrogens (tertiary/aromatic N) is 1. The third-order valence-electron chi connectivity index (χ3n) is 2.91. The lowest BCUT2D eigenvalue weighted by molar-refractivity contribution is -0.132. The van der Waals surface area contributed by atoms with E-state index in [2.05, 4.69) is 10.6 Å². The Bertz CT molecular complexity index is 250. The molecule has 0 spiro atoms. The first-order chi connectivity index (χ1) is 8.24. The highest BCUT2D eigenvalue weighted by molar-refractivity contribution is 5.80. The smallest absolute Gasteiger partial charge is 0.233 e. The summed E-state index contributed by atoms with van der Waals surface area (Å²) in [5, 5.41) is 5.68. The van der Waals surface area contributed by atoms with Crippen LogP contribution >= 0.6 is 0 Å². The topological polar surface area (TPSA) is 61.4 Å². The standard InChI is InChI=1S/C12H23N3O2/c1-2-13-10-11(16)14-7-6-12(17)15-8-4-3-5-9-15/h13H,2-10H2,1H3,(H,14,16). The number of likely N-dealkylation sites (N-methyl/N-ethyl adjacent to an activating group) is 1. The molecule has 17 heavy (non-hydrogen) atoms. The van der Waals surface area contributed by atoms with E-state index in [4.69, 9.17) is 0 Å². The molecular formula is C12H23N3O2. The summed E-state index contributed by atoms with van der Waals surface area (Å²) in [6, 6.07) is 0. The fourth-order valence-corrected chi connectivity index (χ4v) is 1.91. The quantitative estimate of drug-likeness (QED) is 0.694. The van der Waals surface area contributed by atoms with E-state index in [1.165, 1.54) is 6.42 Å². The van der Waals surface area contributed by atoms with Gasteiger partial charge in [0.1, 0.15) is 0 Å². The van der Waals surface area contributed by atoms with Gasteiger partial charge in [-0.2, -0.15) is 0 Å². The molecule has 0 bridgehead atoms. The average Bonchev–Trinajstić information content (AvgIpc) is 2.37. The van der Waals surface area contributed by atoms with Crippen molar-refractivity contribution in [3.8, 4) is 0 Å². The van der Waals surface area contributed by atoms with Crippen LogP contribution in [0.15, 0.2) is 0 Å². The van der Waals surface area contributed by atoms with E-state index in [1.54, 1.807) is 0 Å². The average molecular weight is 241 g/mol. The van der Waals surface area contributed by atoms with E-state index < -0.39 is 0 Å². The zero-order valence-electron chi connectivity index (χ0n) is 10.6. The lowest BCUT2D eigenvalue weighted by Crippen LogP contribution is -2.39. The molecule has 1 rings (SSSR count). The summed E-state index contributed by atoms with van der Waals surface area (Å²) < 4.78 is 0. The molecule has 98 valence electrons. The normalized spacial score (nSPS) is 15.7. The summed E-state index contributed by atoms with van der Waals surface area (Å²) >= 11 is 0. The SMILES string of the molecule is CCNCC(=O)NCCC(=O)N1CCCCC1. The maximum atomic E-state index is 11.8. The van der Waals surface area contributed by atoms with Gasteiger partial charge < -0.3 is 15.5 Å². The van der Waals surface area contributed by atoms with Crippen LogP contribution in [0, 0.1) is 0 Å². The Hall–Kier alpha value is -1.10. The van der Waals surface area contributed by atoms with Crippen LogP contribution in [-0.2, 0) is 9.59 Å². The van der Waals surface area contributed by atoms with Gasteiger partial charge in [-0.15, -0.1) is 0 Å². The van der Waals surface area contributed by atoms with E-state index in [0.717, 1.165) is 32.5 Å². The van der Waals surface area contributed by atoms with Gasteiger partial charge in [-0.3, -0.25) is 9.59 Å². The molecule has 1 heterocycles. The predicted molar refractivity (Wildman–Crippen MR) is 66.6 cm³/mol. The monoisotopic (exact) mass is 241 g/mol. The summed E-state index contributed by atoms with van der Waals surface area (Å²) in [4.78, 5) is 24.9. The van der Waals surface area contributed by atoms with Gasteiger partial charge in [0.15, 0.2) is 0 Å². The minimum absolute atomic E-state index is 0.0432. The van der Waals surface area contributed by atoms with Gasteiger partial charge in [-0.25, -0.2) is 0 Å². The van der Waals surface area contributed by atoms with Crippen LogP contribution in [-0.4, -0.2) is 49.4 Å². The molecule has 0 atom stereocenters. The Morgan fingerprint density at radius 3 is 2.53 bits per heavy atom. The number of piperidine rings is 1. The van der Waals surface area contributed by atoms with Gasteiger partial charge in [-0.05, 0) is 25.8 Å². The molecule has 0 radical (unpaired) electrons. The summed E-state index contributed by atoms with van der Waals surface area (Å²) in [5.41, 5.74) is 0. The maximum absolute atomic E-state index is 11.8. The molecule has 2 amide bonds. The molecule has 5 nitrogen and oxygen atoms in total. The molecule has 0 saturated carbocycles. The van der Waals surface area contributed by atoms with Crippen molar-refractivity contribution in [2.45, 2.75) is 32.6 Å². The second-order valence-electron chi connectivity index (χ2n) is 4.32. The van der Waals surface area contributed by atoms with Crippen molar-refractivity contribution in [3.05, 3.63) is 0 Å². The number of hydrogen-bond donors (Lipinski definition) is 2. The molecule has 1 fully saturated rings. The first-order valence-corrected chi connectivity index (χ1v) is 6.49. The lowest BCUT2D eigenvalue weighted by Gasteiger charge is -2.26. The molecule has 0 aromatic heterocycles. The summed E-state index contributed by atoms with van der Waals surface area (Å²) in [5.74, 6) is 0.117. The molecule has 0 unspecified atom stereocenters. The first kappa shape index (κ1) is 14.0. The number of likely N-dealkylation sites (tertiary alicyclic amines) is 1. The van der Waals surface area contributed by atoms with Crippen LogP contribution < -0.4 is 10.6 Å². The van der Waals surface area contributed by atoms with E-state index in [-0.39, 0.29) is 11.8 Å². The van der Waals surface area contributed by atoms with Crippen LogP contribution in [0.3, 0.4) is 0 Å². The van der Waals surface area contributed by atoms with Crippen molar-refractivity contribution in [2.75, 3.05) is 32.7 Å². The minimum Gasteiger partial charge on any atom is -0.354 e. The number of carbonyl (C=O) groups excluding carboxylic acids is 2. The highest BCUT2D eigenvalue weighted by atomic mass is 16.2. The Balaban J connectivity index is 2.08. The molecule has 1 aliphatic rings. The number of amides is 2. The van der Waals surface area contributed by atoms with Gasteiger partial charge >= 0.3 is 0 Å². The second kappa shape index (κ2) is 8.06. The van der Waals surface area contributed by atoms with Gasteiger partial charge in [0.25, 0.3) is 0 Å². The van der Waals surface area contributed by atoms with E-state index in [9.17, 15) is 9.59 Å². The Morgan fingerprint density at radius 1 is 1.18 bits per heavy atom. The Labute approximate surface area is 103 Å². The molecular weight excluding hydrogens is 218 g/mol. The predicted octanol–water partition coefficient (Wildman–Crippen LogP) is 0.115. The van der Waals surface area contributed by atoms with Crippen molar-refractivity contribution in [2.24, 2.45) is 0 Å². The van der Waals surface area contributed by atoms with Crippen molar-refractivity contribution < 1.29 is 9.59 Å². The highest BCUT2D eigenvalue weighted by Gasteiger charge is 2.15. The summed E-state index contributed by atoms with van der Waals surface area (Å²) in [6.07, 6.45) is 3.86. The Kier molecular flexibility index (Phi) is 6.62. The largest absolute Gasteiger partial charge is 0.354 e. The van der Waals surface area contributed by atoms with Gasteiger partial charge in [0, 0.05) is 26.1 Å². The fraction of sp³-hybridized carbons (Fsp3) is 0.833. The highest BCUT2D eigenvalue weighted by Crippen LogP contribution is 2.09. The molecule has 0 aromatic rings. The Morgan fingerprint density at radius 2 is 1.88 bits per heavy atom. The van der Waals surface area contributed by atoms with Crippen molar-refractivity contribution in [3.63, 3.8) is 0 Å². The second-order valence-corrected chi connectivity index (χ2v) is 4.32. The van der Waals surface area contributed by atoms with Gasteiger partial charge in [-0.1, -0.05) is 6.92 Å². The fourth-order valence-electron chi connectivity index (χ4n) is 1.91. The van der Waals surface area contributed by atoms with E-state index in [1.807, 2.05) is 11.8 Å². The van der Waals surface area contributed by atoms with Gasteiger partial charge in [0.2, 0.25) is 11.8 Å². The molecule has 1 saturated heterocycles.